The number of nitrogens with one attached hydrogen (secondary N) is 4. The zero-order valence-electron chi connectivity index (χ0n) is 24.5. The Morgan fingerprint density at radius 1 is 0.590 bits per heavy atom. The van der Waals surface area contributed by atoms with Crippen molar-refractivity contribution in [2.45, 2.75) is 122 Å². The largest absolute Gasteiger partial charge is 0.372 e. The molecule has 0 radical (unpaired) electrons. The van der Waals surface area contributed by atoms with Gasteiger partial charge in [0.15, 0.2) is 0 Å². The van der Waals surface area contributed by atoms with Crippen molar-refractivity contribution >= 4 is 5.84 Å². The van der Waals surface area contributed by atoms with E-state index in [1.165, 1.54) is 6.33 Å². The molecule has 3 aromatic heterocycles. The van der Waals surface area contributed by atoms with Crippen LogP contribution in [-0.4, -0.2) is 54.0 Å². The van der Waals surface area contributed by atoms with Crippen molar-refractivity contribution in [1.29, 1.82) is 0 Å². The lowest BCUT2D eigenvalue weighted by Crippen LogP contribution is -2.31. The monoisotopic (exact) mass is 548 g/mol. The molecule has 4 heterocycles. The van der Waals surface area contributed by atoms with Gasteiger partial charge in [0, 0.05) is 53.0 Å². The highest BCUT2D eigenvalue weighted by atomic mass is 15.2. The molecule has 9 heteroatoms. The van der Waals surface area contributed by atoms with Crippen molar-refractivity contribution in [2.75, 3.05) is 13.1 Å². The molecule has 0 bridgehead atoms. The quantitative estimate of drug-likeness (QED) is 0.232. The van der Waals surface area contributed by atoms with Gasteiger partial charge in [0.05, 0.1) is 6.54 Å². The minimum absolute atomic E-state index is 0. The van der Waals surface area contributed by atoms with Crippen LogP contribution in [0.3, 0.4) is 0 Å². The summed E-state index contributed by atoms with van der Waals surface area (Å²) in [4.78, 5) is 22.7. The first-order chi connectivity index (χ1) is 16.4. The summed E-state index contributed by atoms with van der Waals surface area (Å²) in [5.74, 6) is 4.18. The van der Waals surface area contributed by atoms with E-state index in [2.05, 4.69) is 129 Å². The predicted octanol–water partition coefficient (Wildman–Crippen LogP) is 7.46. The standard InChI is InChI=1S/C7H14N2.2C7H12N2.C6H11N3.3CH4/c3*1-7(2,3)6-8-4-5-9-6;1-6(2,3)5-7-4-8-9-5;;;/h4-5H2,1-3H3,(H,8,9);2*4-5H,1-3H3,(H,8,9);4H,1-3H3,(H,7,8,9);3*1H4. The van der Waals surface area contributed by atoms with Crippen molar-refractivity contribution in [3.8, 4) is 0 Å². The predicted molar refractivity (Wildman–Crippen MR) is 170 cm³/mol. The maximum absolute atomic E-state index is 4.31. The number of amidine groups is 1. The van der Waals surface area contributed by atoms with Gasteiger partial charge in [0.1, 0.15) is 29.6 Å². The first-order valence-electron chi connectivity index (χ1n) is 12.6. The number of H-pyrrole nitrogens is 3. The zero-order chi connectivity index (χ0) is 27.6. The van der Waals surface area contributed by atoms with Crippen LogP contribution in [0.5, 0.6) is 0 Å². The van der Waals surface area contributed by atoms with E-state index in [0.717, 1.165) is 36.4 Å². The van der Waals surface area contributed by atoms with Gasteiger partial charge in [0.25, 0.3) is 0 Å². The molecular weight excluding hydrogens is 486 g/mol. The molecule has 0 fully saturated rings. The summed E-state index contributed by atoms with van der Waals surface area (Å²) in [6, 6.07) is 0. The molecule has 0 unspecified atom stereocenters. The van der Waals surface area contributed by atoms with Gasteiger partial charge in [-0.15, -0.1) is 0 Å². The molecule has 0 amide bonds. The highest BCUT2D eigenvalue weighted by molar-refractivity contribution is 5.88. The smallest absolute Gasteiger partial charge is 0.137 e. The number of imidazole rings is 2. The van der Waals surface area contributed by atoms with Crippen molar-refractivity contribution in [1.82, 2.24) is 40.4 Å². The average Bonchev–Trinajstić information content (AvgIpc) is 3.57. The molecule has 0 aliphatic carbocycles. The lowest BCUT2D eigenvalue weighted by atomic mass is 9.95. The van der Waals surface area contributed by atoms with E-state index in [1.54, 1.807) is 12.4 Å². The molecule has 0 atom stereocenters. The molecule has 3 aromatic rings. The average molecular weight is 548 g/mol. The molecule has 4 N–H and O–H groups in total. The second-order valence-corrected chi connectivity index (χ2v) is 12.9. The summed E-state index contributed by atoms with van der Waals surface area (Å²) in [6.45, 7) is 27.5. The molecule has 0 aromatic carbocycles. The fourth-order valence-corrected chi connectivity index (χ4v) is 2.82. The van der Waals surface area contributed by atoms with Crippen LogP contribution >= 0.6 is 0 Å². The van der Waals surface area contributed by atoms with Crippen LogP contribution in [0.15, 0.2) is 36.1 Å². The highest BCUT2D eigenvalue weighted by Gasteiger charge is 2.20. The first kappa shape index (κ1) is 40.5. The van der Waals surface area contributed by atoms with Crippen LogP contribution in [0.4, 0.5) is 0 Å². The highest BCUT2D eigenvalue weighted by Crippen LogP contribution is 2.18. The summed E-state index contributed by atoms with van der Waals surface area (Å²) >= 11 is 0. The van der Waals surface area contributed by atoms with Gasteiger partial charge in [0.2, 0.25) is 0 Å². The number of hydrogen-bond donors (Lipinski definition) is 4. The van der Waals surface area contributed by atoms with Crippen LogP contribution < -0.4 is 5.32 Å². The Balaban J connectivity index is -0.000000432. The molecule has 4 rings (SSSR count). The van der Waals surface area contributed by atoms with E-state index in [1.807, 2.05) is 12.4 Å². The molecule has 1 aliphatic rings. The van der Waals surface area contributed by atoms with Gasteiger partial charge < -0.3 is 15.3 Å². The minimum Gasteiger partial charge on any atom is -0.372 e. The Bertz CT molecular complexity index is 868. The van der Waals surface area contributed by atoms with Crippen LogP contribution in [0, 0.1) is 5.41 Å². The van der Waals surface area contributed by atoms with Crippen molar-refractivity contribution in [3.05, 3.63) is 48.6 Å². The Morgan fingerprint density at radius 3 is 1.18 bits per heavy atom. The van der Waals surface area contributed by atoms with E-state index in [-0.39, 0.29) is 43.9 Å². The summed E-state index contributed by atoms with van der Waals surface area (Å²) < 4.78 is 0. The second-order valence-electron chi connectivity index (χ2n) is 12.9. The van der Waals surface area contributed by atoms with E-state index in [4.69, 9.17) is 0 Å². The van der Waals surface area contributed by atoms with Gasteiger partial charge in [-0.25, -0.2) is 15.0 Å². The van der Waals surface area contributed by atoms with Crippen LogP contribution in [0.25, 0.3) is 0 Å². The number of aliphatic imine (C=N–C) groups is 1. The Labute approximate surface area is 240 Å². The second kappa shape index (κ2) is 16.9. The molecule has 0 spiro atoms. The summed E-state index contributed by atoms with van der Waals surface area (Å²) in [7, 11) is 0. The molecule has 0 saturated heterocycles. The zero-order valence-corrected chi connectivity index (χ0v) is 24.5. The topological polar surface area (TPSA) is 123 Å². The van der Waals surface area contributed by atoms with Gasteiger partial charge in [-0.1, -0.05) is 105 Å². The minimum atomic E-state index is 0. The van der Waals surface area contributed by atoms with E-state index >= 15 is 0 Å². The van der Waals surface area contributed by atoms with Gasteiger partial charge >= 0.3 is 0 Å². The van der Waals surface area contributed by atoms with Gasteiger partial charge in [-0.3, -0.25) is 10.1 Å². The number of rotatable bonds is 0. The Hall–Kier alpha value is -2.97. The van der Waals surface area contributed by atoms with Crippen LogP contribution in [0.2, 0.25) is 0 Å². The number of aromatic amines is 3. The molecule has 226 valence electrons. The molecular formula is C30H61N9. The van der Waals surface area contributed by atoms with E-state index < -0.39 is 0 Å². The third-order valence-corrected chi connectivity index (χ3v) is 4.93. The van der Waals surface area contributed by atoms with Crippen LogP contribution in [0.1, 0.15) is 123 Å². The first-order valence-corrected chi connectivity index (χ1v) is 12.6. The number of nitrogens with zero attached hydrogens (tertiary/aromatic N) is 5. The van der Waals surface area contributed by atoms with Gasteiger partial charge in [-0.2, -0.15) is 5.10 Å². The number of aromatic nitrogens is 7. The lowest BCUT2D eigenvalue weighted by molar-refractivity contribution is 0.548. The van der Waals surface area contributed by atoms with Crippen molar-refractivity contribution in [3.63, 3.8) is 0 Å². The molecule has 1 aliphatic heterocycles. The van der Waals surface area contributed by atoms with Crippen molar-refractivity contribution in [2.24, 2.45) is 10.4 Å². The lowest BCUT2D eigenvalue weighted by Gasteiger charge is -2.18. The Morgan fingerprint density at radius 2 is 1.03 bits per heavy atom. The summed E-state index contributed by atoms with van der Waals surface area (Å²) in [6.07, 6.45) is 8.78. The fraction of sp³-hybridized carbons (Fsp3) is 0.700. The SMILES string of the molecule is C.C.C.CC(C)(C)C1=NCCN1.CC(C)(C)c1ncc[nH]1.CC(C)(C)c1ncc[nH]1.CC(C)(C)c1ncn[nH]1. The fourth-order valence-electron chi connectivity index (χ4n) is 2.82. The van der Waals surface area contributed by atoms with E-state index in [9.17, 15) is 0 Å². The third-order valence-electron chi connectivity index (χ3n) is 4.93. The summed E-state index contributed by atoms with van der Waals surface area (Å²) in [5.41, 5.74) is 0.625. The van der Waals surface area contributed by atoms with Crippen LogP contribution in [-0.2, 0) is 16.2 Å². The summed E-state index contributed by atoms with van der Waals surface area (Å²) in [5, 5.41) is 9.82. The van der Waals surface area contributed by atoms with Gasteiger partial charge in [-0.05, 0) is 0 Å². The maximum Gasteiger partial charge on any atom is 0.137 e. The number of hydrogen-bond acceptors (Lipinski definition) is 6. The molecule has 39 heavy (non-hydrogen) atoms. The molecule has 0 saturated carbocycles. The maximum atomic E-state index is 4.31. The third kappa shape index (κ3) is 15.9. The molecule has 9 nitrogen and oxygen atoms in total. The van der Waals surface area contributed by atoms with E-state index in [0.29, 0.717) is 0 Å². The normalized spacial score (nSPS) is 12.7. The van der Waals surface area contributed by atoms with Crippen molar-refractivity contribution < 1.29 is 0 Å². The Kier molecular flexibility index (Phi) is 17.5.